The third-order valence-corrected chi connectivity index (χ3v) is 9.57. The molecular weight excluding hydrogens is 580 g/mol. The molecule has 10 heteroatoms. The minimum Gasteiger partial charge on any atom is -0.410 e. The van der Waals surface area contributed by atoms with Crippen LogP contribution in [0.3, 0.4) is 0 Å². The number of rotatable bonds is 7. The van der Waals surface area contributed by atoms with Gasteiger partial charge in [0.1, 0.15) is 11.6 Å². The van der Waals surface area contributed by atoms with Gasteiger partial charge in [0.25, 0.3) is 0 Å². The van der Waals surface area contributed by atoms with Crippen LogP contribution in [0, 0.1) is 23.1 Å². The predicted octanol–water partition coefficient (Wildman–Crippen LogP) is 6.62. The third kappa shape index (κ3) is 6.70. The lowest BCUT2D eigenvalue weighted by Gasteiger charge is -2.35. The van der Waals surface area contributed by atoms with Gasteiger partial charge in [0.05, 0.1) is 16.1 Å². The van der Waals surface area contributed by atoms with E-state index in [0.717, 1.165) is 18.4 Å². The zero-order valence-corrected chi connectivity index (χ0v) is 25.8. The van der Waals surface area contributed by atoms with Gasteiger partial charge in [-0.05, 0) is 73.6 Å². The van der Waals surface area contributed by atoms with Crippen molar-refractivity contribution in [3.63, 3.8) is 0 Å². The molecule has 2 aromatic carbocycles. The molecule has 0 aromatic heterocycles. The number of ether oxygens (including phenoxy) is 1. The van der Waals surface area contributed by atoms with Crippen LogP contribution in [0.15, 0.2) is 42.5 Å². The predicted molar refractivity (Wildman–Crippen MR) is 160 cm³/mol. The Hall–Kier alpha value is -2.84. The van der Waals surface area contributed by atoms with Crippen LogP contribution in [0.5, 0.6) is 5.75 Å². The van der Waals surface area contributed by atoms with Crippen molar-refractivity contribution in [2.24, 2.45) is 17.3 Å². The number of piperidine rings is 1. The largest absolute Gasteiger partial charge is 0.415 e. The van der Waals surface area contributed by atoms with Crippen LogP contribution < -0.4 is 4.74 Å². The van der Waals surface area contributed by atoms with Crippen LogP contribution in [0.2, 0.25) is 10.0 Å². The highest BCUT2D eigenvalue weighted by molar-refractivity contribution is 6.42. The Bertz CT molecular complexity index is 1330. The molecule has 2 aliphatic heterocycles. The van der Waals surface area contributed by atoms with Crippen molar-refractivity contribution in [2.75, 3.05) is 32.7 Å². The molecule has 226 valence electrons. The summed E-state index contributed by atoms with van der Waals surface area (Å²) in [6.45, 7) is 8.38. The number of hydrogen-bond donors (Lipinski definition) is 0. The lowest BCUT2D eigenvalue weighted by atomic mass is 9.92. The molecule has 3 aliphatic rings. The van der Waals surface area contributed by atoms with E-state index in [4.69, 9.17) is 27.9 Å². The summed E-state index contributed by atoms with van der Waals surface area (Å²) in [4.78, 5) is 45.8. The van der Waals surface area contributed by atoms with Crippen LogP contribution in [0.25, 0.3) is 0 Å². The maximum absolute atomic E-state index is 13.9. The van der Waals surface area contributed by atoms with Gasteiger partial charge in [0, 0.05) is 50.0 Å². The maximum atomic E-state index is 13.9. The van der Waals surface area contributed by atoms with Gasteiger partial charge in [-0.2, -0.15) is 0 Å². The molecule has 0 spiro atoms. The first-order valence-corrected chi connectivity index (χ1v) is 15.5. The molecule has 0 radical (unpaired) electrons. The Morgan fingerprint density at radius 3 is 2.26 bits per heavy atom. The zero-order chi connectivity index (χ0) is 30.2. The van der Waals surface area contributed by atoms with Gasteiger partial charge in [0.15, 0.2) is 0 Å². The zero-order valence-electron chi connectivity index (χ0n) is 24.3. The summed E-state index contributed by atoms with van der Waals surface area (Å²) in [6, 6.07) is 10.4. The first kappa shape index (κ1) is 30.6. The quantitative estimate of drug-likeness (QED) is 0.350. The van der Waals surface area contributed by atoms with E-state index in [1.165, 1.54) is 24.3 Å². The third-order valence-electron chi connectivity index (χ3n) is 8.84. The van der Waals surface area contributed by atoms with E-state index in [-0.39, 0.29) is 46.8 Å². The topological polar surface area (TPSA) is 70.2 Å². The summed E-state index contributed by atoms with van der Waals surface area (Å²) in [5, 5.41) is 0.836. The molecule has 2 atom stereocenters. The minimum atomic E-state index is -0.556. The summed E-state index contributed by atoms with van der Waals surface area (Å²) in [7, 11) is 0. The molecule has 1 unspecified atom stereocenters. The first-order valence-electron chi connectivity index (χ1n) is 14.7. The number of nitrogens with zero attached hydrogens (tertiary/aromatic N) is 3. The van der Waals surface area contributed by atoms with E-state index >= 15 is 0 Å². The van der Waals surface area contributed by atoms with Gasteiger partial charge in [-0.25, -0.2) is 9.18 Å². The molecule has 42 heavy (non-hydrogen) atoms. The molecular formula is C32H38Cl2FN3O4. The lowest BCUT2D eigenvalue weighted by molar-refractivity contribution is -0.142. The summed E-state index contributed by atoms with van der Waals surface area (Å²) < 4.78 is 19.1. The summed E-state index contributed by atoms with van der Waals surface area (Å²) in [6.07, 6.45) is 2.57. The Balaban J connectivity index is 1.36. The molecule has 2 heterocycles. The van der Waals surface area contributed by atoms with Gasteiger partial charge < -0.3 is 19.4 Å². The number of carbonyl (C=O) groups is 3. The summed E-state index contributed by atoms with van der Waals surface area (Å²) >= 11 is 12.6. The number of hydrogen-bond acceptors (Lipinski definition) is 4. The maximum Gasteiger partial charge on any atom is 0.415 e. The number of amides is 3. The van der Waals surface area contributed by atoms with Gasteiger partial charge in [-0.1, -0.05) is 50.0 Å². The fraction of sp³-hybridized carbons (Fsp3) is 0.531. The van der Waals surface area contributed by atoms with Gasteiger partial charge in [-0.3, -0.25) is 9.59 Å². The van der Waals surface area contributed by atoms with Crippen LogP contribution in [-0.4, -0.2) is 71.4 Å². The first-order chi connectivity index (χ1) is 19.9. The monoisotopic (exact) mass is 617 g/mol. The van der Waals surface area contributed by atoms with Crippen molar-refractivity contribution in [1.29, 1.82) is 0 Å². The van der Waals surface area contributed by atoms with Gasteiger partial charge in [0.2, 0.25) is 11.8 Å². The molecule has 3 amide bonds. The molecule has 2 aromatic rings. The Kier molecular flexibility index (Phi) is 9.05. The molecule has 0 N–H and O–H groups in total. The number of carbonyl (C=O) groups excluding carboxylic acids is 3. The Morgan fingerprint density at radius 2 is 1.67 bits per heavy atom. The molecule has 1 saturated carbocycles. The van der Waals surface area contributed by atoms with E-state index in [9.17, 15) is 18.8 Å². The Labute approximate surface area is 256 Å². The second-order valence-corrected chi connectivity index (χ2v) is 13.4. The fourth-order valence-electron chi connectivity index (χ4n) is 6.12. The van der Waals surface area contributed by atoms with Gasteiger partial charge >= 0.3 is 6.09 Å². The molecule has 7 nitrogen and oxygen atoms in total. The normalized spacial score (nSPS) is 21.9. The number of likely N-dealkylation sites (tertiary alicyclic amines) is 2. The van der Waals surface area contributed by atoms with Crippen molar-refractivity contribution in [3.05, 3.63) is 63.9 Å². The van der Waals surface area contributed by atoms with E-state index in [1.54, 1.807) is 17.0 Å². The SMILES string of the molecule is CC(C)CN(C(=O)Oc1ccc(F)cc1)[C@@H]1CN(C(=O)C2CCN(C(=O)C3(C)CC3)CC2)CC1c1ccc(Cl)c(Cl)c1. The van der Waals surface area contributed by atoms with Crippen LogP contribution in [0.1, 0.15) is 57.9 Å². The van der Waals surface area contributed by atoms with E-state index in [2.05, 4.69) is 0 Å². The van der Waals surface area contributed by atoms with E-state index in [0.29, 0.717) is 55.6 Å². The van der Waals surface area contributed by atoms with Crippen molar-refractivity contribution in [1.82, 2.24) is 14.7 Å². The number of halogens is 3. The van der Waals surface area contributed by atoms with Gasteiger partial charge in [-0.15, -0.1) is 0 Å². The minimum absolute atomic E-state index is 0.0451. The summed E-state index contributed by atoms with van der Waals surface area (Å²) in [5.41, 5.74) is 0.667. The second-order valence-electron chi connectivity index (χ2n) is 12.6. The number of benzene rings is 2. The highest BCUT2D eigenvalue weighted by Gasteiger charge is 2.48. The standard InChI is InChI=1S/C32H38Cl2FN3O4/c1-20(2)17-38(31(41)42-24-7-5-23(35)6-8-24)28-19-37(18-25(28)22-4-9-26(33)27(34)16-22)29(39)21-10-14-36(15-11-21)30(40)32(3)12-13-32/h4-9,16,20-21,25,28H,10-15,17-19H2,1-3H3/t25?,28-/m1/s1. The molecule has 1 aliphatic carbocycles. The molecule has 0 bridgehead atoms. The average Bonchev–Trinajstić information content (AvgIpc) is 3.57. The van der Waals surface area contributed by atoms with E-state index < -0.39 is 11.9 Å². The van der Waals surface area contributed by atoms with Crippen molar-refractivity contribution in [3.8, 4) is 5.75 Å². The van der Waals surface area contributed by atoms with Crippen molar-refractivity contribution in [2.45, 2.75) is 58.4 Å². The second kappa shape index (κ2) is 12.4. The van der Waals surface area contributed by atoms with E-state index in [1.807, 2.05) is 36.6 Å². The van der Waals surface area contributed by atoms with Crippen LogP contribution in [0.4, 0.5) is 9.18 Å². The summed E-state index contributed by atoms with van der Waals surface area (Å²) in [5.74, 6) is -0.204. The van der Waals surface area contributed by atoms with Crippen molar-refractivity contribution >= 4 is 41.1 Å². The molecule has 5 rings (SSSR count). The average molecular weight is 619 g/mol. The van der Waals surface area contributed by atoms with Crippen LogP contribution >= 0.6 is 23.2 Å². The fourth-order valence-corrected chi connectivity index (χ4v) is 6.43. The highest BCUT2D eigenvalue weighted by Crippen LogP contribution is 2.47. The lowest BCUT2D eigenvalue weighted by Crippen LogP contribution is -2.48. The molecule has 2 saturated heterocycles. The Morgan fingerprint density at radius 1 is 1.00 bits per heavy atom. The highest BCUT2D eigenvalue weighted by atomic mass is 35.5. The van der Waals surface area contributed by atoms with Crippen LogP contribution in [-0.2, 0) is 9.59 Å². The molecule has 3 fully saturated rings. The van der Waals surface area contributed by atoms with Crippen molar-refractivity contribution < 1.29 is 23.5 Å². The smallest absolute Gasteiger partial charge is 0.410 e.